The highest BCUT2D eigenvalue weighted by Crippen LogP contribution is 2.39. The quantitative estimate of drug-likeness (QED) is 0.625. The Morgan fingerprint density at radius 3 is 2.70 bits per heavy atom. The molecule has 3 fully saturated rings. The van der Waals surface area contributed by atoms with E-state index < -0.39 is 0 Å². The van der Waals surface area contributed by atoms with E-state index in [1.165, 1.54) is 31.7 Å². The monoisotopic (exact) mass is 371 g/mol. The SMILES string of the molecule is CCNC(=NCC1CN2CCN1CC2)NC1CC(C)(C)Oc2ccccc21. The number of nitrogens with zero attached hydrogens (tertiary/aromatic N) is 3. The number of hydrogen-bond acceptors (Lipinski definition) is 4. The van der Waals surface area contributed by atoms with Crippen LogP contribution in [0.25, 0.3) is 0 Å². The first-order chi connectivity index (χ1) is 13.0. The van der Waals surface area contributed by atoms with Crippen LogP contribution >= 0.6 is 0 Å². The Labute approximate surface area is 163 Å². The normalized spacial score (nSPS) is 31.7. The van der Waals surface area contributed by atoms with E-state index in [1.807, 2.05) is 6.07 Å². The highest BCUT2D eigenvalue weighted by atomic mass is 16.5. The number of nitrogens with one attached hydrogen (secondary N) is 2. The van der Waals surface area contributed by atoms with Crippen LogP contribution < -0.4 is 15.4 Å². The molecule has 6 heteroatoms. The first kappa shape index (κ1) is 18.6. The van der Waals surface area contributed by atoms with Gasteiger partial charge in [0.25, 0.3) is 0 Å². The van der Waals surface area contributed by atoms with Crippen molar-refractivity contribution in [3.05, 3.63) is 29.8 Å². The van der Waals surface area contributed by atoms with Gasteiger partial charge in [0.05, 0.1) is 12.6 Å². The molecule has 2 unspecified atom stereocenters. The molecular weight excluding hydrogens is 338 g/mol. The second kappa shape index (κ2) is 7.68. The zero-order chi connectivity index (χ0) is 18.9. The number of aliphatic imine (C=N–C) groups is 1. The van der Waals surface area contributed by atoms with E-state index in [9.17, 15) is 0 Å². The van der Waals surface area contributed by atoms with Crippen molar-refractivity contribution in [2.45, 2.75) is 44.9 Å². The fourth-order valence-corrected chi connectivity index (χ4v) is 4.51. The molecule has 1 aromatic rings. The van der Waals surface area contributed by atoms with Crippen LogP contribution in [0.5, 0.6) is 5.75 Å². The highest BCUT2D eigenvalue weighted by molar-refractivity contribution is 5.80. The summed E-state index contributed by atoms with van der Waals surface area (Å²) in [6.45, 7) is 14.1. The average Bonchev–Trinajstić information content (AvgIpc) is 2.66. The number of hydrogen-bond donors (Lipinski definition) is 2. The number of rotatable bonds is 4. The maximum atomic E-state index is 6.17. The molecule has 5 rings (SSSR count). The summed E-state index contributed by atoms with van der Waals surface area (Å²) in [6.07, 6.45) is 0.914. The van der Waals surface area contributed by atoms with Gasteiger partial charge in [-0.2, -0.15) is 0 Å². The molecule has 2 atom stereocenters. The molecule has 4 heterocycles. The Balaban J connectivity index is 1.48. The third-order valence-corrected chi connectivity index (χ3v) is 5.88. The summed E-state index contributed by atoms with van der Waals surface area (Å²) in [5.41, 5.74) is 1.03. The molecule has 2 N–H and O–H groups in total. The zero-order valence-electron chi connectivity index (χ0n) is 16.9. The molecule has 2 bridgehead atoms. The minimum absolute atomic E-state index is 0.190. The molecule has 0 saturated carbocycles. The molecule has 4 aliphatic rings. The standard InChI is InChI=1S/C21H33N5O/c1-4-22-20(23-14-16-15-25-9-11-26(16)12-10-25)24-18-13-21(2,3)27-19-8-6-5-7-17(18)19/h5-8,16,18H,4,9-15H2,1-3H3,(H2,22,23,24). The van der Waals surface area contributed by atoms with Crippen molar-refractivity contribution in [2.75, 3.05) is 45.8 Å². The minimum atomic E-state index is -0.190. The van der Waals surface area contributed by atoms with Gasteiger partial charge in [-0.25, -0.2) is 0 Å². The fraction of sp³-hybridized carbons (Fsp3) is 0.667. The summed E-state index contributed by atoms with van der Waals surface area (Å²) in [7, 11) is 0. The van der Waals surface area contributed by atoms with Crippen molar-refractivity contribution in [1.29, 1.82) is 0 Å². The van der Waals surface area contributed by atoms with Crippen molar-refractivity contribution < 1.29 is 4.74 Å². The van der Waals surface area contributed by atoms with Gasteiger partial charge in [0.1, 0.15) is 11.4 Å². The van der Waals surface area contributed by atoms with Gasteiger partial charge in [-0.05, 0) is 26.8 Å². The minimum Gasteiger partial charge on any atom is -0.487 e. The molecule has 148 valence electrons. The Bertz CT molecular complexity index is 681. The summed E-state index contributed by atoms with van der Waals surface area (Å²) in [6, 6.07) is 9.09. The predicted octanol–water partition coefficient (Wildman–Crippen LogP) is 1.84. The lowest BCUT2D eigenvalue weighted by atomic mass is 9.90. The number of guanidine groups is 1. The molecule has 4 aliphatic heterocycles. The molecule has 0 aromatic heterocycles. The number of ether oxygens (including phenoxy) is 1. The largest absolute Gasteiger partial charge is 0.487 e. The van der Waals surface area contributed by atoms with Gasteiger partial charge in [-0.15, -0.1) is 0 Å². The number of piperazine rings is 3. The Morgan fingerprint density at radius 2 is 2.00 bits per heavy atom. The molecule has 3 saturated heterocycles. The summed E-state index contributed by atoms with van der Waals surface area (Å²) < 4.78 is 6.17. The summed E-state index contributed by atoms with van der Waals surface area (Å²) in [4.78, 5) is 10.1. The van der Waals surface area contributed by atoms with Crippen LogP contribution in [0.1, 0.15) is 38.8 Å². The zero-order valence-corrected chi connectivity index (χ0v) is 16.9. The van der Waals surface area contributed by atoms with Crippen LogP contribution in [0.4, 0.5) is 0 Å². The Hall–Kier alpha value is -1.79. The van der Waals surface area contributed by atoms with Gasteiger partial charge >= 0.3 is 0 Å². The molecule has 0 aliphatic carbocycles. The van der Waals surface area contributed by atoms with Crippen LogP contribution in [-0.4, -0.2) is 73.2 Å². The Morgan fingerprint density at radius 1 is 1.22 bits per heavy atom. The van der Waals surface area contributed by atoms with E-state index in [2.05, 4.69) is 59.4 Å². The number of para-hydroxylation sites is 1. The van der Waals surface area contributed by atoms with Gasteiger partial charge in [-0.1, -0.05) is 18.2 Å². The molecule has 27 heavy (non-hydrogen) atoms. The maximum absolute atomic E-state index is 6.17. The first-order valence-electron chi connectivity index (χ1n) is 10.3. The molecule has 6 nitrogen and oxygen atoms in total. The number of fused-ring (bicyclic) bond motifs is 4. The fourth-order valence-electron chi connectivity index (χ4n) is 4.51. The van der Waals surface area contributed by atoms with E-state index in [4.69, 9.17) is 9.73 Å². The van der Waals surface area contributed by atoms with Gasteiger partial charge < -0.3 is 15.4 Å². The van der Waals surface area contributed by atoms with Gasteiger partial charge in [0.15, 0.2) is 5.96 Å². The third kappa shape index (κ3) is 4.22. The van der Waals surface area contributed by atoms with Crippen molar-refractivity contribution in [3.63, 3.8) is 0 Å². The molecular formula is C21H33N5O. The second-order valence-corrected chi connectivity index (χ2v) is 8.51. The van der Waals surface area contributed by atoms with E-state index >= 15 is 0 Å². The lowest BCUT2D eigenvalue weighted by Gasteiger charge is -2.47. The highest BCUT2D eigenvalue weighted by Gasteiger charge is 2.34. The maximum Gasteiger partial charge on any atom is 0.191 e. The van der Waals surface area contributed by atoms with Gasteiger partial charge in [-0.3, -0.25) is 14.8 Å². The summed E-state index contributed by atoms with van der Waals surface area (Å²) in [5, 5.41) is 7.12. The second-order valence-electron chi connectivity index (χ2n) is 8.51. The van der Waals surface area contributed by atoms with Crippen LogP contribution in [-0.2, 0) is 0 Å². The van der Waals surface area contributed by atoms with Crippen LogP contribution in [0.2, 0.25) is 0 Å². The van der Waals surface area contributed by atoms with Crippen molar-refractivity contribution in [2.24, 2.45) is 4.99 Å². The average molecular weight is 372 g/mol. The van der Waals surface area contributed by atoms with Crippen molar-refractivity contribution in [1.82, 2.24) is 20.4 Å². The molecule has 0 spiro atoms. The first-order valence-corrected chi connectivity index (χ1v) is 10.3. The van der Waals surface area contributed by atoms with Crippen LogP contribution in [0.15, 0.2) is 29.3 Å². The van der Waals surface area contributed by atoms with Crippen LogP contribution in [0.3, 0.4) is 0 Å². The predicted molar refractivity (Wildman–Crippen MR) is 109 cm³/mol. The lowest BCUT2D eigenvalue weighted by Crippen LogP contribution is -2.62. The molecule has 0 amide bonds. The molecule has 1 aromatic carbocycles. The van der Waals surface area contributed by atoms with E-state index in [0.29, 0.717) is 6.04 Å². The van der Waals surface area contributed by atoms with Gasteiger partial charge in [0.2, 0.25) is 0 Å². The summed E-state index contributed by atoms with van der Waals surface area (Å²) >= 11 is 0. The van der Waals surface area contributed by atoms with E-state index in [-0.39, 0.29) is 11.6 Å². The van der Waals surface area contributed by atoms with Crippen molar-refractivity contribution >= 4 is 5.96 Å². The third-order valence-electron chi connectivity index (χ3n) is 5.88. The van der Waals surface area contributed by atoms with E-state index in [1.54, 1.807) is 0 Å². The summed E-state index contributed by atoms with van der Waals surface area (Å²) in [5.74, 6) is 1.89. The van der Waals surface area contributed by atoms with Crippen molar-refractivity contribution in [3.8, 4) is 5.75 Å². The topological polar surface area (TPSA) is 52.1 Å². The lowest BCUT2D eigenvalue weighted by molar-refractivity contribution is 0.0174. The molecule has 0 radical (unpaired) electrons. The van der Waals surface area contributed by atoms with Crippen LogP contribution in [0, 0.1) is 0 Å². The number of benzene rings is 1. The van der Waals surface area contributed by atoms with E-state index in [0.717, 1.165) is 37.8 Å². The van der Waals surface area contributed by atoms with Gasteiger partial charge in [0, 0.05) is 57.3 Å². The smallest absolute Gasteiger partial charge is 0.191 e. The Kier molecular flexibility index (Phi) is 5.28.